The van der Waals surface area contributed by atoms with Crippen LogP contribution in [0.1, 0.15) is 26.7 Å². The summed E-state index contributed by atoms with van der Waals surface area (Å²) in [6, 6.07) is 0.577. The number of alkyl halides is 1. The van der Waals surface area contributed by atoms with Crippen LogP contribution < -0.4 is 5.32 Å². The van der Waals surface area contributed by atoms with Crippen LogP contribution in [0.3, 0.4) is 0 Å². The summed E-state index contributed by atoms with van der Waals surface area (Å²) in [4.78, 5) is 0. The summed E-state index contributed by atoms with van der Waals surface area (Å²) in [5, 5.41) is 3.51. The highest BCUT2D eigenvalue weighted by molar-refractivity contribution is 6.18. The number of nitrogens with one attached hydrogen (secondary N) is 1. The van der Waals surface area contributed by atoms with Crippen LogP contribution in [0, 0.1) is 11.8 Å². The van der Waals surface area contributed by atoms with E-state index in [9.17, 15) is 0 Å². The Morgan fingerprint density at radius 2 is 2.09 bits per heavy atom. The summed E-state index contributed by atoms with van der Waals surface area (Å²) >= 11 is 5.74. The smallest absolute Gasteiger partial charge is 0.0263 e. The maximum absolute atomic E-state index is 5.74. The number of rotatable bonds is 5. The first kappa shape index (κ1) is 9.34. The van der Waals surface area contributed by atoms with Gasteiger partial charge in [-0.3, -0.25) is 0 Å². The molecule has 0 radical (unpaired) electrons. The van der Waals surface area contributed by atoms with Crippen molar-refractivity contribution in [1.82, 2.24) is 5.32 Å². The molecule has 1 saturated carbocycles. The molecule has 0 heterocycles. The van der Waals surface area contributed by atoms with Crippen molar-refractivity contribution in [3.05, 3.63) is 0 Å². The lowest BCUT2D eigenvalue weighted by atomic mass is 10.1. The predicted molar refractivity (Wildman–Crippen MR) is 50.1 cm³/mol. The molecular formula is C9H18ClN. The van der Waals surface area contributed by atoms with Crippen LogP contribution in [0.25, 0.3) is 0 Å². The molecule has 0 aromatic heterocycles. The Balaban J connectivity index is 2.03. The predicted octanol–water partition coefficient (Wildman–Crippen LogP) is 2.25. The van der Waals surface area contributed by atoms with E-state index in [1.165, 1.54) is 19.4 Å². The van der Waals surface area contributed by atoms with Gasteiger partial charge in [-0.25, -0.2) is 0 Å². The molecule has 11 heavy (non-hydrogen) atoms. The maximum Gasteiger partial charge on any atom is 0.0263 e. The minimum atomic E-state index is 0.577. The van der Waals surface area contributed by atoms with Gasteiger partial charge in [-0.2, -0.15) is 0 Å². The van der Waals surface area contributed by atoms with Crippen molar-refractivity contribution in [2.45, 2.75) is 32.7 Å². The van der Waals surface area contributed by atoms with E-state index in [0.29, 0.717) is 12.0 Å². The molecule has 0 amide bonds. The topological polar surface area (TPSA) is 12.0 Å². The van der Waals surface area contributed by atoms with Gasteiger partial charge >= 0.3 is 0 Å². The van der Waals surface area contributed by atoms with Gasteiger partial charge in [-0.05, 0) is 38.1 Å². The Labute approximate surface area is 74.5 Å². The molecule has 1 nitrogen and oxygen atoms in total. The fourth-order valence-corrected chi connectivity index (χ4v) is 1.28. The maximum atomic E-state index is 5.74. The van der Waals surface area contributed by atoms with Gasteiger partial charge in [0.1, 0.15) is 0 Å². The highest BCUT2D eigenvalue weighted by atomic mass is 35.5. The van der Waals surface area contributed by atoms with Crippen molar-refractivity contribution in [1.29, 1.82) is 0 Å². The van der Waals surface area contributed by atoms with Crippen LogP contribution in [0.15, 0.2) is 0 Å². The average Bonchev–Trinajstić information content (AvgIpc) is 2.81. The first-order valence-electron chi connectivity index (χ1n) is 4.53. The third-order valence-electron chi connectivity index (χ3n) is 2.52. The molecular weight excluding hydrogens is 158 g/mol. The van der Waals surface area contributed by atoms with Crippen LogP contribution in [0.2, 0.25) is 0 Å². The molecule has 0 bridgehead atoms. The summed E-state index contributed by atoms with van der Waals surface area (Å²) in [7, 11) is 0. The minimum absolute atomic E-state index is 0.577. The molecule has 1 aliphatic rings. The molecule has 0 saturated heterocycles. The van der Waals surface area contributed by atoms with Gasteiger partial charge in [0.25, 0.3) is 0 Å². The van der Waals surface area contributed by atoms with E-state index in [0.717, 1.165) is 11.8 Å². The third kappa shape index (κ3) is 3.44. The van der Waals surface area contributed by atoms with E-state index in [-0.39, 0.29) is 0 Å². The molecule has 1 fully saturated rings. The Kier molecular flexibility index (Phi) is 3.67. The average molecular weight is 176 g/mol. The summed E-state index contributed by atoms with van der Waals surface area (Å²) < 4.78 is 0. The van der Waals surface area contributed by atoms with Crippen LogP contribution in [-0.2, 0) is 0 Å². The molecule has 1 rings (SSSR count). The highest BCUT2D eigenvalue weighted by Gasteiger charge is 2.22. The summed E-state index contributed by atoms with van der Waals surface area (Å²) in [5.41, 5.74) is 0. The number of halogens is 1. The van der Waals surface area contributed by atoms with Crippen molar-refractivity contribution in [2.75, 3.05) is 12.4 Å². The molecule has 1 aliphatic carbocycles. The van der Waals surface area contributed by atoms with Crippen LogP contribution in [-0.4, -0.2) is 18.5 Å². The van der Waals surface area contributed by atoms with Gasteiger partial charge in [0.15, 0.2) is 0 Å². The van der Waals surface area contributed by atoms with Gasteiger partial charge in [0.05, 0.1) is 0 Å². The van der Waals surface area contributed by atoms with Crippen LogP contribution in [0.5, 0.6) is 0 Å². The lowest BCUT2D eigenvalue weighted by Crippen LogP contribution is -2.34. The first-order valence-corrected chi connectivity index (χ1v) is 5.07. The first-order chi connectivity index (χ1) is 5.24. The fourth-order valence-electron chi connectivity index (χ4n) is 1.01. The molecule has 0 aromatic carbocycles. The Bertz CT molecular complexity index is 112. The van der Waals surface area contributed by atoms with Gasteiger partial charge in [0.2, 0.25) is 0 Å². The molecule has 0 spiro atoms. The molecule has 0 aromatic rings. The third-order valence-corrected chi connectivity index (χ3v) is 3.01. The van der Waals surface area contributed by atoms with Gasteiger partial charge in [0, 0.05) is 11.9 Å². The molecule has 66 valence electrons. The zero-order valence-electron chi connectivity index (χ0n) is 7.44. The Morgan fingerprint density at radius 3 is 2.55 bits per heavy atom. The number of hydrogen-bond acceptors (Lipinski definition) is 1. The summed E-state index contributed by atoms with van der Waals surface area (Å²) in [6.07, 6.45) is 2.85. The molecule has 0 aliphatic heterocycles. The van der Waals surface area contributed by atoms with E-state index in [4.69, 9.17) is 11.6 Å². The van der Waals surface area contributed by atoms with Crippen LogP contribution >= 0.6 is 11.6 Å². The van der Waals surface area contributed by atoms with Gasteiger partial charge < -0.3 is 5.32 Å². The van der Waals surface area contributed by atoms with Crippen LogP contribution in [0.4, 0.5) is 0 Å². The molecule has 2 heteroatoms. The van der Waals surface area contributed by atoms with E-state index < -0.39 is 0 Å². The van der Waals surface area contributed by atoms with Gasteiger partial charge in [-0.15, -0.1) is 11.6 Å². The molecule has 2 unspecified atom stereocenters. The van der Waals surface area contributed by atoms with E-state index >= 15 is 0 Å². The zero-order valence-corrected chi connectivity index (χ0v) is 8.19. The second-order valence-electron chi connectivity index (χ2n) is 3.77. The van der Waals surface area contributed by atoms with E-state index in [1.54, 1.807) is 0 Å². The monoisotopic (exact) mass is 175 g/mol. The fraction of sp³-hybridized carbons (Fsp3) is 1.00. The SMILES string of the molecule is CC(CCl)C(C)NCC1CC1. The number of hydrogen-bond donors (Lipinski definition) is 1. The quantitative estimate of drug-likeness (QED) is 0.633. The largest absolute Gasteiger partial charge is 0.314 e. The van der Waals surface area contributed by atoms with Crippen molar-refractivity contribution in [2.24, 2.45) is 11.8 Å². The highest BCUT2D eigenvalue weighted by Crippen LogP contribution is 2.27. The van der Waals surface area contributed by atoms with Crippen molar-refractivity contribution < 1.29 is 0 Å². The van der Waals surface area contributed by atoms with E-state index in [2.05, 4.69) is 19.2 Å². The summed E-state index contributed by atoms with van der Waals surface area (Å²) in [6.45, 7) is 5.61. The molecule has 1 N–H and O–H groups in total. The van der Waals surface area contributed by atoms with Gasteiger partial charge in [-0.1, -0.05) is 6.92 Å². The minimum Gasteiger partial charge on any atom is -0.314 e. The Morgan fingerprint density at radius 1 is 1.45 bits per heavy atom. The second kappa shape index (κ2) is 4.32. The second-order valence-corrected chi connectivity index (χ2v) is 4.08. The van der Waals surface area contributed by atoms with Crippen molar-refractivity contribution >= 4 is 11.6 Å². The lowest BCUT2D eigenvalue weighted by molar-refractivity contribution is 0.423. The lowest BCUT2D eigenvalue weighted by Gasteiger charge is -2.18. The zero-order chi connectivity index (χ0) is 8.27. The van der Waals surface area contributed by atoms with E-state index in [1.807, 2.05) is 0 Å². The molecule has 2 atom stereocenters. The standard InChI is InChI=1S/C9H18ClN/c1-7(5-10)8(2)11-6-9-3-4-9/h7-9,11H,3-6H2,1-2H3. The summed E-state index contributed by atoms with van der Waals surface area (Å²) in [5.74, 6) is 2.33. The Hall–Kier alpha value is 0.250. The van der Waals surface area contributed by atoms with Crippen molar-refractivity contribution in [3.8, 4) is 0 Å². The van der Waals surface area contributed by atoms with Crippen molar-refractivity contribution in [3.63, 3.8) is 0 Å². The normalized spacial score (nSPS) is 23.2.